The summed E-state index contributed by atoms with van der Waals surface area (Å²) >= 11 is 0.748. The fourth-order valence-corrected chi connectivity index (χ4v) is 3.67. The first-order valence-electron chi connectivity index (χ1n) is 8.84. The molecule has 0 atom stereocenters. The van der Waals surface area contributed by atoms with Gasteiger partial charge in [0.05, 0.1) is 34.7 Å². The van der Waals surface area contributed by atoms with Gasteiger partial charge in [-0.25, -0.2) is 9.59 Å². The molecular weight excluding hydrogens is 434 g/mol. The molecule has 0 fully saturated rings. The van der Waals surface area contributed by atoms with Crippen molar-refractivity contribution in [2.24, 2.45) is 0 Å². The molecular formula is C18H17N3O9S. The van der Waals surface area contributed by atoms with Crippen LogP contribution in [0, 0.1) is 27.2 Å². The summed E-state index contributed by atoms with van der Waals surface area (Å²) in [6, 6.07) is 2.53. The number of nitrogens with zero attached hydrogens (tertiary/aromatic N) is 2. The molecule has 1 amide bonds. The summed E-state index contributed by atoms with van der Waals surface area (Å²) in [7, 11) is 0. The Kier molecular flexibility index (Phi) is 7.37. The predicted octanol–water partition coefficient (Wildman–Crippen LogP) is 3.48. The second-order valence-corrected chi connectivity index (χ2v) is 6.89. The Morgan fingerprint density at radius 3 is 2.19 bits per heavy atom. The standard InChI is InChI=1S/C18H17N3O9S/c1-4-29-17(23)13-9(3)14(18(24)30-5-2)31-16(13)19-15(22)11-7-6-10(20(25)26)8-12(11)21(27)28/h6-8H,4-5H2,1-3H3,(H,19,22). The van der Waals surface area contributed by atoms with Crippen molar-refractivity contribution in [2.75, 3.05) is 18.5 Å². The van der Waals surface area contributed by atoms with Gasteiger partial charge in [0.1, 0.15) is 15.4 Å². The van der Waals surface area contributed by atoms with E-state index >= 15 is 0 Å². The smallest absolute Gasteiger partial charge is 0.348 e. The van der Waals surface area contributed by atoms with Gasteiger partial charge >= 0.3 is 11.9 Å². The quantitative estimate of drug-likeness (QED) is 0.359. The number of esters is 2. The molecule has 0 saturated heterocycles. The topological polar surface area (TPSA) is 168 Å². The zero-order valence-electron chi connectivity index (χ0n) is 16.6. The van der Waals surface area contributed by atoms with Crippen LogP contribution in [0.3, 0.4) is 0 Å². The molecule has 164 valence electrons. The van der Waals surface area contributed by atoms with Gasteiger partial charge in [-0.05, 0) is 32.4 Å². The fourth-order valence-electron chi connectivity index (χ4n) is 2.59. The zero-order valence-corrected chi connectivity index (χ0v) is 17.4. The van der Waals surface area contributed by atoms with Crippen LogP contribution in [0.2, 0.25) is 0 Å². The molecule has 0 radical (unpaired) electrons. The number of carbonyl (C=O) groups excluding carboxylic acids is 3. The van der Waals surface area contributed by atoms with Crippen molar-refractivity contribution in [2.45, 2.75) is 20.8 Å². The van der Waals surface area contributed by atoms with Crippen molar-refractivity contribution < 1.29 is 33.7 Å². The molecule has 31 heavy (non-hydrogen) atoms. The van der Waals surface area contributed by atoms with Crippen LogP contribution >= 0.6 is 11.3 Å². The normalized spacial score (nSPS) is 10.3. The zero-order chi connectivity index (χ0) is 23.3. The maximum atomic E-state index is 12.7. The molecule has 0 aliphatic carbocycles. The summed E-state index contributed by atoms with van der Waals surface area (Å²) in [6.45, 7) is 4.76. The fraction of sp³-hybridized carbons (Fsp3) is 0.278. The van der Waals surface area contributed by atoms with Crippen molar-refractivity contribution in [3.8, 4) is 0 Å². The number of anilines is 1. The second kappa shape index (κ2) is 9.75. The molecule has 0 unspecified atom stereocenters. The monoisotopic (exact) mass is 451 g/mol. The van der Waals surface area contributed by atoms with E-state index in [2.05, 4.69) is 5.32 Å². The van der Waals surface area contributed by atoms with E-state index in [-0.39, 0.29) is 34.2 Å². The first-order valence-corrected chi connectivity index (χ1v) is 9.65. The Labute approximate surface area is 179 Å². The number of nitro groups is 2. The van der Waals surface area contributed by atoms with Gasteiger partial charge < -0.3 is 14.8 Å². The number of ether oxygens (including phenoxy) is 2. The minimum atomic E-state index is -0.996. The number of carbonyl (C=O) groups is 3. The van der Waals surface area contributed by atoms with E-state index in [1.54, 1.807) is 13.8 Å². The highest BCUT2D eigenvalue weighted by atomic mass is 32.1. The SMILES string of the molecule is CCOC(=O)c1sc(NC(=O)c2ccc([N+](=O)[O-])cc2[N+](=O)[O-])c(C(=O)OCC)c1C. The summed E-state index contributed by atoms with van der Waals surface area (Å²) in [4.78, 5) is 57.8. The van der Waals surface area contributed by atoms with Crippen LogP contribution in [-0.4, -0.2) is 40.9 Å². The van der Waals surface area contributed by atoms with E-state index < -0.39 is 44.6 Å². The summed E-state index contributed by atoms with van der Waals surface area (Å²) < 4.78 is 9.92. The highest BCUT2D eigenvalue weighted by molar-refractivity contribution is 7.18. The number of hydrogen-bond donors (Lipinski definition) is 1. The minimum absolute atomic E-state index is 0.0318. The lowest BCUT2D eigenvalue weighted by Crippen LogP contribution is -2.16. The van der Waals surface area contributed by atoms with Crippen LogP contribution < -0.4 is 5.32 Å². The summed E-state index contributed by atoms with van der Waals surface area (Å²) in [6.07, 6.45) is 0. The number of nitrogens with one attached hydrogen (secondary N) is 1. The van der Waals surface area contributed by atoms with Crippen LogP contribution in [0.15, 0.2) is 18.2 Å². The molecule has 1 heterocycles. The number of thiophene rings is 1. The van der Waals surface area contributed by atoms with E-state index in [1.165, 1.54) is 6.92 Å². The minimum Gasteiger partial charge on any atom is -0.462 e. The first kappa shape index (κ1) is 23.4. The van der Waals surface area contributed by atoms with Gasteiger partial charge in [-0.15, -0.1) is 11.3 Å². The summed E-state index contributed by atoms with van der Waals surface area (Å²) in [5.41, 5.74) is -1.69. The van der Waals surface area contributed by atoms with E-state index in [0.717, 1.165) is 23.5 Å². The van der Waals surface area contributed by atoms with Crippen molar-refractivity contribution in [3.63, 3.8) is 0 Å². The number of benzene rings is 1. The van der Waals surface area contributed by atoms with Gasteiger partial charge in [-0.1, -0.05) is 0 Å². The van der Waals surface area contributed by atoms with Gasteiger partial charge in [0.2, 0.25) is 0 Å². The molecule has 1 aromatic heterocycles. The van der Waals surface area contributed by atoms with Gasteiger partial charge in [-0.2, -0.15) is 0 Å². The van der Waals surface area contributed by atoms with Crippen molar-refractivity contribution >= 4 is 45.6 Å². The molecule has 12 nitrogen and oxygen atoms in total. The largest absolute Gasteiger partial charge is 0.462 e. The Balaban J connectivity index is 2.52. The van der Waals surface area contributed by atoms with Gasteiger partial charge in [-0.3, -0.25) is 25.0 Å². The van der Waals surface area contributed by atoms with E-state index in [0.29, 0.717) is 6.07 Å². The average Bonchev–Trinajstić information content (AvgIpc) is 3.03. The lowest BCUT2D eigenvalue weighted by Gasteiger charge is -2.07. The molecule has 2 aromatic rings. The number of hydrogen-bond acceptors (Lipinski definition) is 10. The van der Waals surface area contributed by atoms with Crippen molar-refractivity contribution in [1.82, 2.24) is 0 Å². The Morgan fingerprint density at radius 2 is 1.65 bits per heavy atom. The van der Waals surface area contributed by atoms with Crippen LogP contribution in [0.25, 0.3) is 0 Å². The number of rotatable bonds is 8. The van der Waals surface area contributed by atoms with Crippen LogP contribution in [0.1, 0.15) is 49.8 Å². The molecule has 0 bridgehead atoms. The molecule has 0 aliphatic heterocycles. The first-order chi connectivity index (χ1) is 14.6. The lowest BCUT2D eigenvalue weighted by molar-refractivity contribution is -0.394. The van der Waals surface area contributed by atoms with Crippen LogP contribution in [0.5, 0.6) is 0 Å². The molecule has 0 saturated carbocycles. The third kappa shape index (κ3) is 5.01. The van der Waals surface area contributed by atoms with E-state index in [4.69, 9.17) is 9.47 Å². The predicted molar refractivity (Wildman–Crippen MR) is 109 cm³/mol. The third-order valence-corrected chi connectivity index (χ3v) is 5.13. The van der Waals surface area contributed by atoms with E-state index in [1.807, 2.05) is 0 Å². The number of nitro benzene ring substituents is 2. The Hall–Kier alpha value is -3.87. The Bertz CT molecular complexity index is 1080. The maximum Gasteiger partial charge on any atom is 0.348 e. The molecule has 2 rings (SSSR count). The van der Waals surface area contributed by atoms with Gasteiger partial charge in [0.25, 0.3) is 17.3 Å². The molecule has 0 aliphatic rings. The summed E-state index contributed by atoms with van der Waals surface area (Å²) in [5, 5.41) is 24.5. The molecule has 0 spiro atoms. The van der Waals surface area contributed by atoms with E-state index in [9.17, 15) is 34.6 Å². The maximum absolute atomic E-state index is 12.7. The second-order valence-electron chi connectivity index (χ2n) is 5.87. The average molecular weight is 451 g/mol. The lowest BCUT2D eigenvalue weighted by atomic mass is 10.1. The number of non-ortho nitro benzene ring substituents is 1. The third-order valence-electron chi connectivity index (χ3n) is 3.95. The highest BCUT2D eigenvalue weighted by Gasteiger charge is 2.30. The van der Waals surface area contributed by atoms with Crippen molar-refractivity contribution in [1.29, 1.82) is 0 Å². The molecule has 1 aromatic carbocycles. The van der Waals surface area contributed by atoms with Gasteiger partial charge in [0.15, 0.2) is 0 Å². The molecule has 13 heteroatoms. The summed E-state index contributed by atoms with van der Waals surface area (Å²) in [5.74, 6) is -2.51. The Morgan fingerprint density at radius 1 is 1.03 bits per heavy atom. The highest BCUT2D eigenvalue weighted by Crippen LogP contribution is 2.35. The van der Waals surface area contributed by atoms with Crippen LogP contribution in [0.4, 0.5) is 16.4 Å². The van der Waals surface area contributed by atoms with Crippen molar-refractivity contribution in [3.05, 3.63) is 60.0 Å². The van der Waals surface area contributed by atoms with Gasteiger partial charge in [0, 0.05) is 6.07 Å². The van der Waals surface area contributed by atoms with Crippen LogP contribution in [-0.2, 0) is 9.47 Å². The molecule has 1 N–H and O–H groups in total. The number of amides is 1.